The third-order valence-corrected chi connectivity index (χ3v) is 2.03. The Hall–Kier alpha value is -0.670. The molecule has 0 saturated heterocycles. The smallest absolute Gasteiger partial charge is 0.333 e. The topological polar surface area (TPSA) is 69.7 Å². The van der Waals surface area contributed by atoms with Crippen LogP contribution in [0.15, 0.2) is 12.2 Å². The van der Waals surface area contributed by atoms with Crippen LogP contribution < -0.4 is 0 Å². The molecule has 1 unspecified atom stereocenters. The van der Waals surface area contributed by atoms with Crippen molar-refractivity contribution in [1.29, 1.82) is 0 Å². The molecule has 0 bridgehead atoms. The van der Waals surface area contributed by atoms with Gasteiger partial charge in [0, 0.05) is 5.57 Å². The van der Waals surface area contributed by atoms with Crippen molar-refractivity contribution < 1.29 is 31.3 Å². The number of rotatable bonds is 5. The zero-order valence-electron chi connectivity index (χ0n) is 7.70. The Bertz CT molecular complexity index is 326. The SMILES string of the molecule is C=C(C)C(=O)OCC(F)S(=O)(=O)OF.S. The molecular formula is C6H10F2O5S2. The molecule has 0 N–H and O–H groups in total. The van der Waals surface area contributed by atoms with E-state index in [1.165, 1.54) is 6.92 Å². The highest BCUT2D eigenvalue weighted by molar-refractivity contribution is 7.87. The lowest BCUT2D eigenvalue weighted by molar-refractivity contribution is -0.139. The summed E-state index contributed by atoms with van der Waals surface area (Å²) in [4.78, 5) is 10.6. The normalized spacial score (nSPS) is 12.5. The lowest BCUT2D eigenvalue weighted by atomic mass is 10.4. The Morgan fingerprint density at radius 1 is 1.53 bits per heavy atom. The number of carbonyl (C=O) groups excluding carboxylic acids is 1. The fraction of sp³-hybridized carbons (Fsp3) is 0.500. The molecule has 0 aliphatic carbocycles. The first kappa shape index (κ1) is 16.7. The fourth-order valence-electron chi connectivity index (χ4n) is 0.387. The molecule has 9 heteroatoms. The second-order valence-corrected chi connectivity index (χ2v) is 3.97. The summed E-state index contributed by atoms with van der Waals surface area (Å²) in [6.07, 6.45) is 0. The minimum Gasteiger partial charge on any atom is -0.458 e. The van der Waals surface area contributed by atoms with Crippen molar-refractivity contribution in [2.45, 2.75) is 12.4 Å². The van der Waals surface area contributed by atoms with Gasteiger partial charge in [-0.25, -0.2) is 9.18 Å². The molecule has 90 valence electrons. The van der Waals surface area contributed by atoms with Crippen molar-refractivity contribution in [2.24, 2.45) is 0 Å². The summed E-state index contributed by atoms with van der Waals surface area (Å²) in [5, 5.41) is 0. The minimum absolute atomic E-state index is 0. The maximum absolute atomic E-state index is 12.5. The molecule has 0 fully saturated rings. The first-order valence-corrected chi connectivity index (χ1v) is 4.79. The first-order chi connectivity index (χ1) is 6.31. The fourth-order valence-corrected chi connectivity index (χ4v) is 0.701. The van der Waals surface area contributed by atoms with Gasteiger partial charge in [0.15, 0.2) is 0 Å². The van der Waals surface area contributed by atoms with Gasteiger partial charge in [0.05, 0.1) is 0 Å². The first-order valence-electron chi connectivity index (χ1n) is 3.32. The van der Waals surface area contributed by atoms with Gasteiger partial charge in [-0.15, -0.1) is 0 Å². The van der Waals surface area contributed by atoms with Crippen LogP contribution in [-0.2, 0) is 24.0 Å². The molecule has 0 aromatic rings. The van der Waals surface area contributed by atoms with E-state index in [0.29, 0.717) is 0 Å². The number of esters is 1. The van der Waals surface area contributed by atoms with Crippen LogP contribution >= 0.6 is 13.5 Å². The molecule has 0 saturated carbocycles. The molecule has 0 aromatic carbocycles. The van der Waals surface area contributed by atoms with Gasteiger partial charge in [-0.3, -0.25) is 0 Å². The number of halogens is 2. The van der Waals surface area contributed by atoms with Crippen molar-refractivity contribution in [2.75, 3.05) is 6.61 Å². The average Bonchev–Trinajstić information content (AvgIpc) is 2.13. The Morgan fingerprint density at radius 3 is 2.33 bits per heavy atom. The average molecular weight is 264 g/mol. The van der Waals surface area contributed by atoms with Gasteiger partial charge < -0.3 is 4.74 Å². The quantitative estimate of drug-likeness (QED) is 0.541. The molecule has 0 heterocycles. The number of ether oxygens (including phenoxy) is 1. The molecule has 0 amide bonds. The van der Waals surface area contributed by atoms with Crippen molar-refractivity contribution in [3.8, 4) is 0 Å². The second-order valence-electron chi connectivity index (χ2n) is 2.34. The van der Waals surface area contributed by atoms with Crippen LogP contribution in [0.1, 0.15) is 6.92 Å². The van der Waals surface area contributed by atoms with Gasteiger partial charge in [-0.05, 0) is 11.4 Å². The summed E-state index contributed by atoms with van der Waals surface area (Å²) in [5.74, 6) is -0.971. The van der Waals surface area contributed by atoms with Crippen LogP contribution in [0.4, 0.5) is 8.92 Å². The molecule has 0 rings (SSSR count). The van der Waals surface area contributed by atoms with Gasteiger partial charge in [0.25, 0.3) is 5.50 Å². The van der Waals surface area contributed by atoms with Crippen LogP contribution in [0, 0.1) is 0 Å². The van der Waals surface area contributed by atoms with E-state index in [1.807, 2.05) is 0 Å². The molecular weight excluding hydrogens is 254 g/mol. The molecule has 0 aliphatic heterocycles. The highest BCUT2D eigenvalue weighted by atomic mass is 32.2. The largest absolute Gasteiger partial charge is 0.458 e. The molecule has 5 nitrogen and oxygen atoms in total. The maximum Gasteiger partial charge on any atom is 0.333 e. The molecule has 0 spiro atoms. The minimum atomic E-state index is -4.96. The Morgan fingerprint density at radius 2 is 2.00 bits per heavy atom. The summed E-state index contributed by atoms with van der Waals surface area (Å²) < 4.78 is 50.8. The van der Waals surface area contributed by atoms with Crippen LogP contribution in [0.25, 0.3) is 0 Å². The van der Waals surface area contributed by atoms with Gasteiger partial charge in [0.1, 0.15) is 6.61 Å². The predicted molar refractivity (Wildman–Crippen MR) is 52.2 cm³/mol. The molecule has 0 aromatic heterocycles. The predicted octanol–water partition coefficient (Wildman–Crippen LogP) is 0.745. The lowest BCUT2D eigenvalue weighted by Crippen LogP contribution is -2.24. The van der Waals surface area contributed by atoms with E-state index in [-0.39, 0.29) is 19.1 Å². The van der Waals surface area contributed by atoms with Gasteiger partial charge in [-0.2, -0.15) is 21.9 Å². The van der Waals surface area contributed by atoms with Gasteiger partial charge >= 0.3 is 16.1 Å². The maximum atomic E-state index is 12.5. The molecule has 0 aliphatic rings. The van der Waals surface area contributed by atoms with E-state index < -0.39 is 28.2 Å². The summed E-state index contributed by atoms with van der Waals surface area (Å²) in [5.41, 5.74) is -2.79. The van der Waals surface area contributed by atoms with E-state index in [2.05, 4.69) is 15.7 Å². The standard InChI is InChI=1S/C6H8F2O5S.H2S/c1-4(2)6(9)12-3-5(7)14(10,11)13-8;/h5H,1,3H2,2H3;1H2. The summed E-state index contributed by atoms with van der Waals surface area (Å²) in [6.45, 7) is 3.31. The van der Waals surface area contributed by atoms with Gasteiger partial charge in [-0.1, -0.05) is 11.0 Å². The zero-order valence-corrected chi connectivity index (χ0v) is 9.51. The van der Waals surface area contributed by atoms with Crippen LogP contribution in [0.5, 0.6) is 0 Å². The molecule has 15 heavy (non-hydrogen) atoms. The van der Waals surface area contributed by atoms with Crippen LogP contribution in [0.3, 0.4) is 0 Å². The Balaban J connectivity index is 0. The van der Waals surface area contributed by atoms with Crippen molar-refractivity contribution >= 4 is 29.6 Å². The Kier molecular flexibility index (Phi) is 7.53. The number of alkyl halides is 1. The Labute approximate surface area is 92.5 Å². The van der Waals surface area contributed by atoms with Crippen molar-refractivity contribution in [3.05, 3.63) is 12.2 Å². The van der Waals surface area contributed by atoms with Crippen molar-refractivity contribution in [3.63, 3.8) is 0 Å². The van der Waals surface area contributed by atoms with E-state index in [9.17, 15) is 22.1 Å². The summed E-state index contributed by atoms with van der Waals surface area (Å²) in [6, 6.07) is 0. The highest BCUT2D eigenvalue weighted by Crippen LogP contribution is 2.07. The monoisotopic (exact) mass is 264 g/mol. The van der Waals surface area contributed by atoms with E-state index in [1.54, 1.807) is 0 Å². The van der Waals surface area contributed by atoms with E-state index >= 15 is 0 Å². The summed E-state index contributed by atoms with van der Waals surface area (Å²) >= 11 is 0. The van der Waals surface area contributed by atoms with E-state index in [4.69, 9.17) is 0 Å². The third-order valence-electron chi connectivity index (χ3n) is 1.09. The number of hydrogen-bond donors (Lipinski definition) is 0. The summed E-state index contributed by atoms with van der Waals surface area (Å²) in [7, 11) is -4.96. The van der Waals surface area contributed by atoms with Crippen LogP contribution in [0.2, 0.25) is 0 Å². The third kappa shape index (κ3) is 5.70. The number of hydrogen-bond acceptors (Lipinski definition) is 5. The van der Waals surface area contributed by atoms with Crippen molar-refractivity contribution in [1.82, 2.24) is 0 Å². The zero-order chi connectivity index (χ0) is 11.4. The molecule has 1 atom stereocenters. The van der Waals surface area contributed by atoms with Crippen LogP contribution in [-0.4, -0.2) is 26.5 Å². The van der Waals surface area contributed by atoms with E-state index in [0.717, 1.165) is 0 Å². The highest BCUT2D eigenvalue weighted by Gasteiger charge is 2.28. The van der Waals surface area contributed by atoms with Gasteiger partial charge in [0.2, 0.25) is 0 Å². The second kappa shape index (κ2) is 6.75. The molecule has 0 radical (unpaired) electrons. The lowest BCUT2D eigenvalue weighted by Gasteiger charge is -2.06. The number of carbonyl (C=O) groups is 1.